The van der Waals surface area contributed by atoms with Crippen LogP contribution in [0.2, 0.25) is 0 Å². The molecule has 24 heavy (non-hydrogen) atoms. The lowest BCUT2D eigenvalue weighted by atomic mass is 10.1. The summed E-state index contributed by atoms with van der Waals surface area (Å²) in [4.78, 5) is 18.2. The maximum absolute atomic E-state index is 12.2. The molecule has 0 spiro atoms. The van der Waals surface area contributed by atoms with Crippen molar-refractivity contribution in [1.82, 2.24) is 15.2 Å². The number of amides is 2. The average Bonchev–Trinajstić information content (AvgIpc) is 3.06. The maximum Gasteiger partial charge on any atom is 0.317 e. The van der Waals surface area contributed by atoms with E-state index in [1.165, 1.54) is 5.56 Å². The fourth-order valence-electron chi connectivity index (χ4n) is 2.68. The number of likely N-dealkylation sites (tertiary alicyclic amines) is 1. The summed E-state index contributed by atoms with van der Waals surface area (Å²) < 4.78 is 6.75. The second kappa shape index (κ2) is 8.15. The molecule has 5 nitrogen and oxygen atoms in total. The smallest absolute Gasteiger partial charge is 0.317 e. The van der Waals surface area contributed by atoms with Crippen LogP contribution in [0.1, 0.15) is 12.0 Å². The molecule has 1 aliphatic heterocycles. The quantitative estimate of drug-likeness (QED) is 0.853. The summed E-state index contributed by atoms with van der Waals surface area (Å²) in [5.41, 5.74) is 1.22. The minimum atomic E-state index is -0.0270. The van der Waals surface area contributed by atoms with Crippen molar-refractivity contribution in [2.45, 2.75) is 18.9 Å². The summed E-state index contributed by atoms with van der Waals surface area (Å²) in [6.45, 7) is 1.94. The summed E-state index contributed by atoms with van der Waals surface area (Å²) in [6.07, 6.45) is 3.37. The molecule has 1 aromatic carbocycles. The summed E-state index contributed by atoms with van der Waals surface area (Å²) in [5, 5.41) is 2.97. The van der Waals surface area contributed by atoms with E-state index in [-0.39, 0.29) is 12.1 Å². The minimum absolute atomic E-state index is 0.00134. The van der Waals surface area contributed by atoms with Gasteiger partial charge < -0.3 is 15.0 Å². The van der Waals surface area contributed by atoms with Crippen molar-refractivity contribution in [3.8, 4) is 5.88 Å². The molecule has 0 aliphatic carbocycles. The summed E-state index contributed by atoms with van der Waals surface area (Å²) in [5.74, 6) is 0.592. The molecule has 3 rings (SSSR count). The number of nitrogens with zero attached hydrogens (tertiary/aromatic N) is 2. The van der Waals surface area contributed by atoms with Crippen LogP contribution in [0.15, 0.2) is 53.1 Å². The highest BCUT2D eigenvalue weighted by molar-refractivity contribution is 9.10. The molecule has 0 saturated carbocycles. The Kier molecular flexibility index (Phi) is 5.69. The van der Waals surface area contributed by atoms with Gasteiger partial charge in [-0.25, -0.2) is 9.78 Å². The van der Waals surface area contributed by atoms with E-state index in [1.807, 2.05) is 30.3 Å². The van der Waals surface area contributed by atoms with E-state index in [0.717, 1.165) is 17.3 Å². The lowest BCUT2D eigenvalue weighted by molar-refractivity contribution is 0.183. The van der Waals surface area contributed by atoms with Crippen LogP contribution in [-0.2, 0) is 6.42 Å². The van der Waals surface area contributed by atoms with Gasteiger partial charge >= 0.3 is 6.03 Å². The third-order valence-corrected chi connectivity index (χ3v) is 4.42. The van der Waals surface area contributed by atoms with Gasteiger partial charge in [-0.1, -0.05) is 30.3 Å². The predicted molar refractivity (Wildman–Crippen MR) is 96.1 cm³/mol. The molecule has 2 aromatic rings. The van der Waals surface area contributed by atoms with Crippen molar-refractivity contribution in [1.29, 1.82) is 0 Å². The normalized spacial score (nSPS) is 16.9. The molecule has 1 aliphatic rings. The number of carbonyl (C=O) groups excluding carboxylic acids is 1. The number of halogens is 1. The van der Waals surface area contributed by atoms with Gasteiger partial charge in [0.15, 0.2) is 0 Å². The zero-order chi connectivity index (χ0) is 16.8. The van der Waals surface area contributed by atoms with Crippen molar-refractivity contribution in [3.05, 3.63) is 58.7 Å². The van der Waals surface area contributed by atoms with Crippen molar-refractivity contribution >= 4 is 22.0 Å². The van der Waals surface area contributed by atoms with Crippen LogP contribution in [0.3, 0.4) is 0 Å². The van der Waals surface area contributed by atoms with Gasteiger partial charge in [0.05, 0.1) is 6.54 Å². The Hall–Kier alpha value is -2.08. The minimum Gasteiger partial charge on any atom is -0.472 e. The molecule has 1 atom stereocenters. The number of hydrogen-bond acceptors (Lipinski definition) is 3. The van der Waals surface area contributed by atoms with Gasteiger partial charge in [-0.2, -0.15) is 0 Å². The van der Waals surface area contributed by atoms with Crippen molar-refractivity contribution in [3.63, 3.8) is 0 Å². The van der Waals surface area contributed by atoms with E-state index >= 15 is 0 Å². The Morgan fingerprint density at radius 3 is 2.88 bits per heavy atom. The largest absolute Gasteiger partial charge is 0.472 e. The Morgan fingerprint density at radius 2 is 2.12 bits per heavy atom. The van der Waals surface area contributed by atoms with Crippen LogP contribution >= 0.6 is 15.9 Å². The Bertz CT molecular complexity index is 664. The van der Waals surface area contributed by atoms with E-state index < -0.39 is 0 Å². The second-order valence-corrected chi connectivity index (χ2v) is 6.67. The molecular formula is C18H20BrN3O2. The first-order valence-corrected chi connectivity index (χ1v) is 8.85. The first-order chi connectivity index (χ1) is 11.7. The topological polar surface area (TPSA) is 54.5 Å². The molecule has 0 unspecified atom stereocenters. The fraction of sp³-hybridized carbons (Fsp3) is 0.333. The van der Waals surface area contributed by atoms with Gasteiger partial charge in [0.25, 0.3) is 0 Å². The van der Waals surface area contributed by atoms with Gasteiger partial charge in [-0.05, 0) is 34.0 Å². The average molecular weight is 390 g/mol. The van der Waals surface area contributed by atoms with Crippen LogP contribution in [0.4, 0.5) is 4.79 Å². The molecule has 0 radical (unpaired) electrons. The van der Waals surface area contributed by atoms with E-state index in [0.29, 0.717) is 25.5 Å². The Morgan fingerprint density at radius 1 is 1.29 bits per heavy atom. The zero-order valence-corrected chi connectivity index (χ0v) is 14.9. The number of hydrogen-bond donors (Lipinski definition) is 1. The highest BCUT2D eigenvalue weighted by atomic mass is 79.9. The van der Waals surface area contributed by atoms with Gasteiger partial charge in [-0.15, -0.1) is 0 Å². The third kappa shape index (κ3) is 4.71. The highest BCUT2D eigenvalue weighted by Crippen LogP contribution is 2.18. The number of pyridine rings is 1. The van der Waals surface area contributed by atoms with Crippen LogP contribution in [0.5, 0.6) is 5.88 Å². The van der Waals surface area contributed by atoms with Crippen LogP contribution < -0.4 is 10.1 Å². The maximum atomic E-state index is 12.2. The van der Waals surface area contributed by atoms with Gasteiger partial charge in [0.2, 0.25) is 5.88 Å². The van der Waals surface area contributed by atoms with Crippen LogP contribution in [0.25, 0.3) is 0 Å². The van der Waals surface area contributed by atoms with E-state index in [9.17, 15) is 4.79 Å². The van der Waals surface area contributed by atoms with Gasteiger partial charge in [0.1, 0.15) is 6.10 Å². The first kappa shape index (κ1) is 16.8. The molecule has 1 aromatic heterocycles. The lowest BCUT2D eigenvalue weighted by Crippen LogP contribution is -2.40. The van der Waals surface area contributed by atoms with Crippen molar-refractivity contribution in [2.24, 2.45) is 0 Å². The predicted octanol–water partition coefficient (Wildman–Crippen LogP) is 3.25. The number of urea groups is 1. The van der Waals surface area contributed by atoms with E-state index in [4.69, 9.17) is 4.74 Å². The Labute approximate surface area is 150 Å². The standard InChI is InChI=1S/C18H20BrN3O2/c19-15-6-7-17(21-12-15)24-16-9-11-22(13-16)18(23)20-10-8-14-4-2-1-3-5-14/h1-7,12,16H,8-11,13H2,(H,20,23)/t16-/m0/s1. The molecule has 1 fully saturated rings. The molecule has 6 heteroatoms. The number of benzene rings is 1. The SMILES string of the molecule is O=C(NCCc1ccccc1)N1CC[C@H](Oc2ccc(Br)cn2)C1. The molecule has 1 N–H and O–H groups in total. The van der Waals surface area contributed by atoms with E-state index in [1.54, 1.807) is 11.1 Å². The molecular weight excluding hydrogens is 370 g/mol. The number of ether oxygens (including phenoxy) is 1. The van der Waals surface area contributed by atoms with Crippen LogP contribution in [0, 0.1) is 0 Å². The van der Waals surface area contributed by atoms with Crippen molar-refractivity contribution in [2.75, 3.05) is 19.6 Å². The number of nitrogens with one attached hydrogen (secondary N) is 1. The van der Waals surface area contributed by atoms with Crippen LogP contribution in [-0.4, -0.2) is 41.7 Å². The molecule has 2 amide bonds. The molecule has 1 saturated heterocycles. The Balaban J connectivity index is 1.41. The summed E-state index contributed by atoms with van der Waals surface area (Å²) >= 11 is 3.35. The molecule has 2 heterocycles. The molecule has 126 valence electrons. The third-order valence-electron chi connectivity index (χ3n) is 3.95. The number of rotatable bonds is 5. The first-order valence-electron chi connectivity index (χ1n) is 8.05. The lowest BCUT2D eigenvalue weighted by Gasteiger charge is -2.17. The van der Waals surface area contributed by atoms with Gasteiger partial charge in [0, 0.05) is 36.2 Å². The second-order valence-electron chi connectivity index (χ2n) is 5.76. The molecule has 0 bridgehead atoms. The fourth-order valence-corrected chi connectivity index (χ4v) is 2.92. The summed E-state index contributed by atoms with van der Waals surface area (Å²) in [6, 6.07) is 13.8. The highest BCUT2D eigenvalue weighted by Gasteiger charge is 2.27. The van der Waals surface area contributed by atoms with E-state index in [2.05, 4.69) is 38.4 Å². The van der Waals surface area contributed by atoms with Crippen molar-refractivity contribution < 1.29 is 9.53 Å². The number of carbonyl (C=O) groups is 1. The zero-order valence-electron chi connectivity index (χ0n) is 13.3. The summed E-state index contributed by atoms with van der Waals surface area (Å²) in [7, 11) is 0. The number of aromatic nitrogens is 1. The monoisotopic (exact) mass is 389 g/mol. The van der Waals surface area contributed by atoms with Gasteiger partial charge in [-0.3, -0.25) is 0 Å².